The summed E-state index contributed by atoms with van der Waals surface area (Å²) in [6.07, 6.45) is 1.70. The largest absolute Gasteiger partial charge is 0.462 e. The summed E-state index contributed by atoms with van der Waals surface area (Å²) < 4.78 is 10.6. The fraction of sp³-hybridized carbons (Fsp3) is 0.571. The Bertz CT molecular complexity index is 493. The van der Waals surface area contributed by atoms with Crippen molar-refractivity contribution in [3.8, 4) is 0 Å². The van der Waals surface area contributed by atoms with E-state index in [1.807, 2.05) is 13.8 Å². The van der Waals surface area contributed by atoms with E-state index in [1.165, 1.54) is 0 Å². The van der Waals surface area contributed by atoms with Crippen LogP contribution >= 0.6 is 0 Å². The van der Waals surface area contributed by atoms with Gasteiger partial charge in [0, 0.05) is 12.7 Å². The first-order chi connectivity index (χ1) is 9.54. The first-order valence-electron chi connectivity index (χ1n) is 6.84. The van der Waals surface area contributed by atoms with Gasteiger partial charge in [-0.25, -0.2) is 9.78 Å². The maximum atomic E-state index is 11.9. The molecule has 1 aliphatic rings. The molecule has 0 saturated carbocycles. The molecule has 110 valence electrons. The van der Waals surface area contributed by atoms with Gasteiger partial charge in [0.2, 0.25) is 0 Å². The van der Waals surface area contributed by atoms with E-state index < -0.39 is 5.97 Å². The molecule has 1 aromatic rings. The number of nitrogen functional groups attached to an aromatic ring is 1. The Labute approximate surface area is 118 Å². The van der Waals surface area contributed by atoms with Gasteiger partial charge in [-0.15, -0.1) is 0 Å². The molecule has 0 radical (unpaired) electrons. The van der Waals surface area contributed by atoms with Crippen molar-refractivity contribution >= 4 is 17.5 Å². The Balaban J connectivity index is 2.32. The van der Waals surface area contributed by atoms with Crippen molar-refractivity contribution in [1.29, 1.82) is 0 Å². The van der Waals surface area contributed by atoms with Gasteiger partial charge in [-0.1, -0.05) is 0 Å². The smallest absolute Gasteiger partial charge is 0.340 e. The molecule has 0 amide bonds. The number of carbonyl (C=O) groups is 1. The lowest BCUT2D eigenvalue weighted by Gasteiger charge is -2.38. The molecule has 1 aromatic heterocycles. The molecule has 2 rings (SSSR count). The van der Waals surface area contributed by atoms with Gasteiger partial charge in [-0.2, -0.15) is 0 Å². The van der Waals surface area contributed by atoms with E-state index in [1.54, 1.807) is 19.2 Å². The van der Waals surface area contributed by atoms with Crippen molar-refractivity contribution in [2.75, 3.05) is 30.4 Å². The molecule has 2 unspecified atom stereocenters. The minimum absolute atomic E-state index is 0.110. The summed E-state index contributed by atoms with van der Waals surface area (Å²) in [4.78, 5) is 18.3. The number of ether oxygens (including phenoxy) is 2. The minimum Gasteiger partial charge on any atom is -0.462 e. The molecule has 0 spiro atoms. The summed E-state index contributed by atoms with van der Waals surface area (Å²) in [5.74, 6) is 0.209. The predicted molar refractivity (Wildman–Crippen MR) is 76.8 cm³/mol. The Morgan fingerprint density at radius 3 is 3.05 bits per heavy atom. The first-order valence-corrected chi connectivity index (χ1v) is 6.84. The summed E-state index contributed by atoms with van der Waals surface area (Å²) >= 11 is 0. The van der Waals surface area contributed by atoms with Crippen molar-refractivity contribution in [2.24, 2.45) is 0 Å². The van der Waals surface area contributed by atoms with E-state index in [0.717, 1.165) is 0 Å². The normalized spacial score (nSPS) is 22.6. The zero-order chi connectivity index (χ0) is 14.7. The number of hydrogen-bond donors (Lipinski definition) is 1. The topological polar surface area (TPSA) is 77.7 Å². The molecule has 0 bridgehead atoms. The van der Waals surface area contributed by atoms with Gasteiger partial charge in [0.05, 0.1) is 36.6 Å². The lowest BCUT2D eigenvalue weighted by Crippen LogP contribution is -2.48. The van der Waals surface area contributed by atoms with Crippen LogP contribution < -0.4 is 10.6 Å². The second-order valence-corrected chi connectivity index (χ2v) is 4.96. The standard InChI is InChI=1S/C14H21N3O3/c1-4-19-14(18)11-5-6-16-13(12(11)15)17-7-10(3)20-8-9(17)2/h5-6,9-10H,4,7-8,15H2,1-3H3. The van der Waals surface area contributed by atoms with Crippen molar-refractivity contribution in [3.63, 3.8) is 0 Å². The van der Waals surface area contributed by atoms with Crippen LogP contribution in [0.1, 0.15) is 31.1 Å². The number of esters is 1. The van der Waals surface area contributed by atoms with E-state index >= 15 is 0 Å². The number of nitrogens with two attached hydrogens (primary N) is 1. The molecule has 6 heteroatoms. The lowest BCUT2D eigenvalue weighted by molar-refractivity contribution is 0.0341. The molecule has 1 saturated heterocycles. The second kappa shape index (κ2) is 6.09. The number of rotatable bonds is 3. The molecule has 1 aliphatic heterocycles. The second-order valence-electron chi connectivity index (χ2n) is 4.96. The summed E-state index contributed by atoms with van der Waals surface area (Å²) in [7, 11) is 0. The maximum absolute atomic E-state index is 11.9. The highest BCUT2D eigenvalue weighted by atomic mass is 16.5. The van der Waals surface area contributed by atoms with Crippen LogP contribution in [0.5, 0.6) is 0 Å². The highest BCUT2D eigenvalue weighted by Crippen LogP contribution is 2.28. The van der Waals surface area contributed by atoms with Crippen LogP contribution in [0, 0.1) is 0 Å². The van der Waals surface area contributed by atoms with Gasteiger partial charge in [0.15, 0.2) is 5.82 Å². The van der Waals surface area contributed by atoms with Gasteiger partial charge >= 0.3 is 5.97 Å². The zero-order valence-electron chi connectivity index (χ0n) is 12.1. The van der Waals surface area contributed by atoms with Crippen LogP contribution in [0.4, 0.5) is 11.5 Å². The van der Waals surface area contributed by atoms with E-state index in [0.29, 0.717) is 36.8 Å². The molecule has 2 heterocycles. The van der Waals surface area contributed by atoms with Crippen LogP contribution in [-0.2, 0) is 9.47 Å². The first kappa shape index (κ1) is 14.6. The van der Waals surface area contributed by atoms with Gasteiger partial charge in [0.1, 0.15) is 0 Å². The average Bonchev–Trinajstić information content (AvgIpc) is 2.42. The Hall–Kier alpha value is -1.82. The van der Waals surface area contributed by atoms with E-state index in [4.69, 9.17) is 15.2 Å². The third-order valence-corrected chi connectivity index (χ3v) is 3.34. The summed E-state index contributed by atoms with van der Waals surface area (Å²) in [6.45, 7) is 7.45. The van der Waals surface area contributed by atoms with Crippen LogP contribution in [0.25, 0.3) is 0 Å². The SMILES string of the molecule is CCOC(=O)c1ccnc(N2CC(C)OCC2C)c1N. The summed E-state index contributed by atoms with van der Waals surface area (Å²) in [5.41, 5.74) is 6.84. The molecule has 20 heavy (non-hydrogen) atoms. The number of hydrogen-bond acceptors (Lipinski definition) is 6. The molecule has 0 aliphatic carbocycles. The van der Waals surface area contributed by atoms with Gasteiger partial charge in [-0.05, 0) is 26.8 Å². The van der Waals surface area contributed by atoms with Gasteiger partial charge < -0.3 is 20.1 Å². The highest BCUT2D eigenvalue weighted by Gasteiger charge is 2.27. The van der Waals surface area contributed by atoms with Crippen molar-refractivity contribution in [1.82, 2.24) is 4.98 Å². The van der Waals surface area contributed by atoms with E-state index in [9.17, 15) is 4.79 Å². The highest BCUT2D eigenvalue weighted by molar-refractivity contribution is 5.97. The Morgan fingerprint density at radius 2 is 2.35 bits per heavy atom. The van der Waals surface area contributed by atoms with E-state index in [-0.39, 0.29) is 12.1 Å². The molecular formula is C14H21N3O3. The minimum atomic E-state index is -0.414. The quantitative estimate of drug-likeness (QED) is 0.844. The Kier molecular flexibility index (Phi) is 4.44. The molecule has 6 nitrogen and oxygen atoms in total. The molecule has 2 atom stereocenters. The average molecular weight is 279 g/mol. The van der Waals surface area contributed by atoms with Crippen LogP contribution in [0.2, 0.25) is 0 Å². The number of pyridine rings is 1. The molecule has 2 N–H and O–H groups in total. The van der Waals surface area contributed by atoms with Crippen LogP contribution in [0.15, 0.2) is 12.3 Å². The maximum Gasteiger partial charge on any atom is 0.340 e. The summed E-state index contributed by atoms with van der Waals surface area (Å²) in [5, 5.41) is 0. The number of anilines is 2. The Morgan fingerprint density at radius 1 is 1.60 bits per heavy atom. The third kappa shape index (κ3) is 2.85. The van der Waals surface area contributed by atoms with E-state index in [2.05, 4.69) is 9.88 Å². The fourth-order valence-electron chi connectivity index (χ4n) is 2.28. The fourth-order valence-corrected chi connectivity index (χ4v) is 2.28. The zero-order valence-corrected chi connectivity index (χ0v) is 12.1. The molecule has 0 aromatic carbocycles. The number of aromatic nitrogens is 1. The lowest BCUT2D eigenvalue weighted by atomic mass is 10.1. The number of carbonyl (C=O) groups excluding carboxylic acids is 1. The van der Waals surface area contributed by atoms with Crippen molar-refractivity contribution < 1.29 is 14.3 Å². The number of morpholine rings is 1. The molecule has 1 fully saturated rings. The molecular weight excluding hydrogens is 258 g/mol. The van der Waals surface area contributed by atoms with Gasteiger partial charge in [0.25, 0.3) is 0 Å². The monoisotopic (exact) mass is 279 g/mol. The van der Waals surface area contributed by atoms with Crippen LogP contribution in [-0.4, -0.2) is 42.9 Å². The van der Waals surface area contributed by atoms with Crippen molar-refractivity contribution in [3.05, 3.63) is 17.8 Å². The van der Waals surface area contributed by atoms with Gasteiger partial charge in [-0.3, -0.25) is 0 Å². The third-order valence-electron chi connectivity index (χ3n) is 3.34. The van der Waals surface area contributed by atoms with Crippen LogP contribution in [0.3, 0.4) is 0 Å². The van der Waals surface area contributed by atoms with Crippen molar-refractivity contribution in [2.45, 2.75) is 32.9 Å². The number of nitrogens with zero attached hydrogens (tertiary/aromatic N) is 2. The predicted octanol–water partition coefficient (Wildman–Crippen LogP) is 1.45. The summed E-state index contributed by atoms with van der Waals surface area (Å²) in [6, 6.07) is 1.75.